The highest BCUT2D eigenvalue weighted by atomic mass is 16.1. The summed E-state index contributed by atoms with van der Waals surface area (Å²) in [4.78, 5) is 11.6. The molecule has 14 heavy (non-hydrogen) atoms. The Morgan fingerprint density at radius 3 is 3.00 bits per heavy atom. The molecule has 0 saturated heterocycles. The number of benzene rings is 1. The minimum absolute atomic E-state index is 0.134. The predicted molar refractivity (Wildman–Crippen MR) is 53.9 cm³/mol. The summed E-state index contributed by atoms with van der Waals surface area (Å²) in [6, 6.07) is 8.27. The van der Waals surface area contributed by atoms with Gasteiger partial charge in [-0.05, 0) is 36.3 Å². The number of carbonyl (C=O) groups excluding carboxylic acids is 1. The second-order valence-electron chi connectivity index (χ2n) is 4.47. The van der Waals surface area contributed by atoms with Crippen molar-refractivity contribution in [1.82, 2.24) is 0 Å². The molecule has 2 aliphatic carbocycles. The van der Waals surface area contributed by atoms with Crippen molar-refractivity contribution < 1.29 is 4.79 Å². The molecule has 2 atom stereocenters. The van der Waals surface area contributed by atoms with Gasteiger partial charge in [-0.2, -0.15) is 0 Å². The average molecular weight is 187 g/mol. The van der Waals surface area contributed by atoms with Crippen molar-refractivity contribution in [2.45, 2.75) is 30.6 Å². The third kappa shape index (κ3) is 0.746. The van der Waals surface area contributed by atoms with Crippen LogP contribution in [0.1, 0.15) is 36.3 Å². The minimum atomic E-state index is -0.318. The highest BCUT2D eigenvalue weighted by Gasteiger charge is 2.52. The van der Waals surface area contributed by atoms with Gasteiger partial charge in [-0.1, -0.05) is 24.3 Å². The molecule has 0 unspecified atom stereocenters. The summed E-state index contributed by atoms with van der Waals surface area (Å²) in [6.45, 7) is 0. The number of hydrogen-bond acceptors (Lipinski definition) is 1. The lowest BCUT2D eigenvalue weighted by molar-refractivity contribution is -0.123. The van der Waals surface area contributed by atoms with Gasteiger partial charge in [0.2, 0.25) is 5.91 Å². The molecule has 2 heteroatoms. The Morgan fingerprint density at radius 2 is 2.21 bits per heavy atom. The Bertz CT molecular complexity index is 413. The van der Waals surface area contributed by atoms with E-state index in [4.69, 9.17) is 5.73 Å². The van der Waals surface area contributed by atoms with Crippen LogP contribution in [-0.2, 0) is 10.2 Å². The Morgan fingerprint density at radius 1 is 1.43 bits per heavy atom. The lowest BCUT2D eigenvalue weighted by Crippen LogP contribution is -2.37. The Hall–Kier alpha value is -1.31. The van der Waals surface area contributed by atoms with Crippen molar-refractivity contribution in [2.24, 2.45) is 5.73 Å². The van der Waals surface area contributed by atoms with E-state index in [0.29, 0.717) is 5.92 Å². The maximum atomic E-state index is 11.6. The Labute approximate surface area is 83.1 Å². The molecule has 72 valence electrons. The number of hydrogen-bond donors (Lipinski definition) is 1. The Kier molecular flexibility index (Phi) is 1.37. The molecule has 1 aromatic carbocycles. The van der Waals surface area contributed by atoms with Crippen LogP contribution >= 0.6 is 0 Å². The summed E-state index contributed by atoms with van der Waals surface area (Å²) in [7, 11) is 0. The van der Waals surface area contributed by atoms with Gasteiger partial charge in [0.1, 0.15) is 0 Å². The van der Waals surface area contributed by atoms with Gasteiger partial charge >= 0.3 is 0 Å². The first-order chi connectivity index (χ1) is 6.74. The normalized spacial score (nSPS) is 33.0. The summed E-state index contributed by atoms with van der Waals surface area (Å²) in [5, 5.41) is 0. The van der Waals surface area contributed by atoms with Crippen LogP contribution in [-0.4, -0.2) is 5.91 Å². The molecular weight excluding hydrogens is 174 g/mol. The fourth-order valence-corrected chi connectivity index (χ4v) is 3.20. The summed E-state index contributed by atoms with van der Waals surface area (Å²) in [6.07, 6.45) is 3.02. The molecule has 2 bridgehead atoms. The van der Waals surface area contributed by atoms with Gasteiger partial charge in [-0.25, -0.2) is 0 Å². The third-order valence-electron chi connectivity index (χ3n) is 3.90. The van der Waals surface area contributed by atoms with Crippen molar-refractivity contribution in [3.63, 3.8) is 0 Å². The minimum Gasteiger partial charge on any atom is -0.369 e. The molecular formula is C12H13NO. The van der Waals surface area contributed by atoms with Gasteiger partial charge < -0.3 is 5.73 Å². The molecule has 0 aliphatic heterocycles. The first-order valence-electron chi connectivity index (χ1n) is 5.13. The molecule has 1 amide bonds. The molecule has 0 spiro atoms. The predicted octanol–water partition coefficient (Wildman–Crippen LogP) is 1.69. The van der Waals surface area contributed by atoms with E-state index in [1.54, 1.807) is 0 Å². The van der Waals surface area contributed by atoms with E-state index in [1.807, 2.05) is 12.1 Å². The van der Waals surface area contributed by atoms with Gasteiger partial charge in [-0.3, -0.25) is 4.79 Å². The molecule has 1 saturated carbocycles. The number of primary amides is 1. The van der Waals surface area contributed by atoms with E-state index < -0.39 is 0 Å². The first kappa shape index (κ1) is 8.04. The van der Waals surface area contributed by atoms with Crippen LogP contribution in [0.15, 0.2) is 24.3 Å². The maximum absolute atomic E-state index is 11.6. The van der Waals surface area contributed by atoms with E-state index in [0.717, 1.165) is 19.3 Å². The fourth-order valence-electron chi connectivity index (χ4n) is 3.20. The van der Waals surface area contributed by atoms with Crippen molar-refractivity contribution in [2.75, 3.05) is 0 Å². The highest BCUT2D eigenvalue weighted by Crippen LogP contribution is 2.56. The van der Waals surface area contributed by atoms with E-state index in [9.17, 15) is 4.79 Å². The van der Waals surface area contributed by atoms with E-state index >= 15 is 0 Å². The number of fused-ring (bicyclic) bond motifs is 5. The molecule has 0 heterocycles. The summed E-state index contributed by atoms with van der Waals surface area (Å²) in [5.74, 6) is 0.448. The quantitative estimate of drug-likeness (QED) is 0.714. The molecule has 3 rings (SSSR count). The smallest absolute Gasteiger partial charge is 0.228 e. The van der Waals surface area contributed by atoms with Gasteiger partial charge in [0.15, 0.2) is 0 Å². The summed E-state index contributed by atoms with van der Waals surface area (Å²) in [5.41, 5.74) is 7.78. The zero-order chi connectivity index (χ0) is 9.76. The molecule has 0 radical (unpaired) electrons. The van der Waals surface area contributed by atoms with E-state index in [1.165, 1.54) is 11.1 Å². The molecule has 2 nitrogen and oxygen atoms in total. The van der Waals surface area contributed by atoms with Gasteiger partial charge in [0.05, 0.1) is 5.41 Å². The molecule has 2 aliphatic rings. The SMILES string of the molecule is NC(=O)[C@]12CC[C@H](C1)c1ccccc12. The zero-order valence-electron chi connectivity index (χ0n) is 7.99. The number of amides is 1. The molecule has 1 aromatic rings. The second-order valence-corrected chi connectivity index (χ2v) is 4.47. The number of carbonyl (C=O) groups is 1. The monoisotopic (exact) mass is 187 g/mol. The van der Waals surface area contributed by atoms with Crippen LogP contribution in [0.2, 0.25) is 0 Å². The lowest BCUT2D eigenvalue weighted by Gasteiger charge is -2.25. The zero-order valence-corrected chi connectivity index (χ0v) is 7.99. The first-order valence-corrected chi connectivity index (χ1v) is 5.13. The van der Waals surface area contributed by atoms with E-state index in [-0.39, 0.29) is 11.3 Å². The van der Waals surface area contributed by atoms with Crippen LogP contribution in [0.5, 0.6) is 0 Å². The van der Waals surface area contributed by atoms with Gasteiger partial charge in [-0.15, -0.1) is 0 Å². The Balaban J connectivity index is 2.24. The van der Waals surface area contributed by atoms with E-state index in [2.05, 4.69) is 12.1 Å². The van der Waals surface area contributed by atoms with Crippen molar-refractivity contribution in [1.29, 1.82) is 0 Å². The van der Waals surface area contributed by atoms with Crippen molar-refractivity contribution >= 4 is 5.91 Å². The van der Waals surface area contributed by atoms with Crippen molar-refractivity contribution in [3.05, 3.63) is 35.4 Å². The maximum Gasteiger partial charge on any atom is 0.228 e. The summed E-state index contributed by atoms with van der Waals surface area (Å²) >= 11 is 0. The third-order valence-corrected chi connectivity index (χ3v) is 3.90. The number of nitrogens with two attached hydrogens (primary N) is 1. The number of rotatable bonds is 1. The lowest BCUT2D eigenvalue weighted by atomic mass is 9.79. The molecule has 0 aromatic heterocycles. The largest absolute Gasteiger partial charge is 0.369 e. The van der Waals surface area contributed by atoms with Crippen LogP contribution in [0, 0.1) is 0 Å². The average Bonchev–Trinajstić information content (AvgIpc) is 2.75. The fraction of sp³-hybridized carbons (Fsp3) is 0.417. The van der Waals surface area contributed by atoms with Crippen LogP contribution < -0.4 is 5.73 Å². The molecule has 1 fully saturated rings. The van der Waals surface area contributed by atoms with Crippen LogP contribution in [0.25, 0.3) is 0 Å². The summed E-state index contributed by atoms with van der Waals surface area (Å²) < 4.78 is 0. The standard InChI is InChI=1S/C12H13NO/c13-11(14)12-6-5-8(7-12)9-3-1-2-4-10(9)12/h1-4,8H,5-7H2,(H2,13,14)/t8-,12-/m1/s1. The second kappa shape index (κ2) is 2.38. The van der Waals surface area contributed by atoms with Crippen molar-refractivity contribution in [3.8, 4) is 0 Å². The molecule has 2 N–H and O–H groups in total. The topological polar surface area (TPSA) is 43.1 Å². The van der Waals surface area contributed by atoms with Crippen LogP contribution in [0.3, 0.4) is 0 Å². The van der Waals surface area contributed by atoms with Gasteiger partial charge in [0.25, 0.3) is 0 Å². The van der Waals surface area contributed by atoms with Crippen LogP contribution in [0.4, 0.5) is 0 Å². The highest BCUT2D eigenvalue weighted by molar-refractivity contribution is 5.89. The van der Waals surface area contributed by atoms with Gasteiger partial charge in [0, 0.05) is 0 Å².